The second-order valence-electron chi connectivity index (χ2n) is 4.01. The third-order valence-electron chi connectivity index (χ3n) is 2.61. The van der Waals surface area contributed by atoms with E-state index in [1.165, 1.54) is 11.3 Å². The fraction of sp³-hybridized carbons (Fsp3) is 0.455. The molecule has 1 fully saturated rings. The molecule has 0 bridgehead atoms. The summed E-state index contributed by atoms with van der Waals surface area (Å²) in [5.74, 6) is 1.44. The average molecular weight is 285 g/mol. The second kappa shape index (κ2) is 6.21. The largest absolute Gasteiger partial charge is 0.366 e. The Balaban J connectivity index is 1.90. The average Bonchev–Trinajstić information content (AvgIpc) is 2.78. The first-order valence-electron chi connectivity index (χ1n) is 5.65. The molecule has 1 aromatic heterocycles. The van der Waals surface area contributed by atoms with Crippen molar-refractivity contribution >= 4 is 39.9 Å². The number of rotatable bonds is 4. The van der Waals surface area contributed by atoms with Crippen LogP contribution in [0.5, 0.6) is 0 Å². The molecule has 1 unspecified atom stereocenters. The van der Waals surface area contributed by atoms with Crippen molar-refractivity contribution in [3.63, 3.8) is 0 Å². The van der Waals surface area contributed by atoms with Crippen molar-refractivity contribution in [2.45, 2.75) is 12.5 Å². The summed E-state index contributed by atoms with van der Waals surface area (Å²) < 4.78 is 0. The highest BCUT2D eigenvalue weighted by atomic mass is 32.2. The minimum Gasteiger partial charge on any atom is -0.366 e. The van der Waals surface area contributed by atoms with Crippen LogP contribution in [0.2, 0.25) is 0 Å². The van der Waals surface area contributed by atoms with Crippen LogP contribution in [0.1, 0.15) is 16.8 Å². The van der Waals surface area contributed by atoms with E-state index in [4.69, 9.17) is 5.73 Å². The number of primary amides is 1. The number of anilines is 1. The van der Waals surface area contributed by atoms with Crippen LogP contribution in [0, 0.1) is 0 Å². The van der Waals surface area contributed by atoms with Gasteiger partial charge in [0.05, 0.1) is 5.56 Å². The SMILES string of the molecule is NC(=O)c1ccsc1NC(=O)CC1CSCCN1. The van der Waals surface area contributed by atoms with Gasteiger partial charge in [-0.25, -0.2) is 0 Å². The molecule has 18 heavy (non-hydrogen) atoms. The first-order chi connectivity index (χ1) is 8.66. The van der Waals surface area contributed by atoms with Gasteiger partial charge in [-0.1, -0.05) is 0 Å². The minimum atomic E-state index is -0.516. The van der Waals surface area contributed by atoms with Gasteiger partial charge in [-0.15, -0.1) is 11.3 Å². The molecule has 1 aliphatic heterocycles. The maximum Gasteiger partial charge on any atom is 0.251 e. The van der Waals surface area contributed by atoms with Gasteiger partial charge in [0.25, 0.3) is 5.91 Å². The Morgan fingerprint density at radius 2 is 2.39 bits per heavy atom. The van der Waals surface area contributed by atoms with Crippen LogP contribution in [0.4, 0.5) is 5.00 Å². The number of amides is 2. The number of nitrogens with one attached hydrogen (secondary N) is 2. The highest BCUT2D eigenvalue weighted by molar-refractivity contribution is 7.99. The quantitative estimate of drug-likeness (QED) is 0.767. The third-order valence-corrected chi connectivity index (χ3v) is 4.57. The molecular formula is C11H15N3O2S2. The Morgan fingerprint density at radius 3 is 3.06 bits per heavy atom. The number of nitrogens with two attached hydrogens (primary N) is 1. The predicted molar refractivity (Wildman–Crippen MR) is 75.2 cm³/mol. The smallest absolute Gasteiger partial charge is 0.251 e. The summed E-state index contributed by atoms with van der Waals surface area (Å²) in [6.07, 6.45) is 0.420. The summed E-state index contributed by atoms with van der Waals surface area (Å²) >= 11 is 3.16. The zero-order chi connectivity index (χ0) is 13.0. The molecule has 1 atom stereocenters. The molecule has 1 aliphatic rings. The van der Waals surface area contributed by atoms with Crippen molar-refractivity contribution in [2.24, 2.45) is 5.73 Å². The molecule has 98 valence electrons. The van der Waals surface area contributed by atoms with Crippen LogP contribution in [-0.2, 0) is 4.79 Å². The molecule has 2 amide bonds. The van der Waals surface area contributed by atoms with Gasteiger partial charge in [-0.2, -0.15) is 11.8 Å². The number of thiophene rings is 1. The molecule has 7 heteroatoms. The van der Waals surface area contributed by atoms with Crippen LogP contribution in [0.3, 0.4) is 0 Å². The lowest BCUT2D eigenvalue weighted by atomic mass is 10.2. The molecule has 1 saturated heterocycles. The molecule has 1 aromatic rings. The second-order valence-corrected chi connectivity index (χ2v) is 6.07. The van der Waals surface area contributed by atoms with E-state index in [-0.39, 0.29) is 11.9 Å². The topological polar surface area (TPSA) is 84.2 Å². The molecule has 0 spiro atoms. The van der Waals surface area contributed by atoms with Gasteiger partial charge >= 0.3 is 0 Å². The highest BCUT2D eigenvalue weighted by Gasteiger charge is 2.18. The summed E-state index contributed by atoms with van der Waals surface area (Å²) in [4.78, 5) is 23.0. The Labute approximate surface area is 114 Å². The lowest BCUT2D eigenvalue weighted by molar-refractivity contribution is -0.116. The Morgan fingerprint density at radius 1 is 1.56 bits per heavy atom. The van der Waals surface area contributed by atoms with Crippen molar-refractivity contribution < 1.29 is 9.59 Å². The maximum atomic E-state index is 11.8. The van der Waals surface area contributed by atoms with E-state index in [1.54, 1.807) is 11.4 Å². The van der Waals surface area contributed by atoms with Crippen molar-refractivity contribution in [1.82, 2.24) is 5.32 Å². The van der Waals surface area contributed by atoms with Crippen molar-refractivity contribution in [3.05, 3.63) is 17.0 Å². The molecule has 2 rings (SSSR count). The molecule has 4 N–H and O–H groups in total. The molecule has 0 saturated carbocycles. The van der Waals surface area contributed by atoms with E-state index in [1.807, 2.05) is 11.8 Å². The fourth-order valence-electron chi connectivity index (χ4n) is 1.75. The summed E-state index contributed by atoms with van der Waals surface area (Å²) in [7, 11) is 0. The maximum absolute atomic E-state index is 11.8. The molecule has 0 radical (unpaired) electrons. The van der Waals surface area contributed by atoms with Crippen LogP contribution in [0.15, 0.2) is 11.4 Å². The third kappa shape index (κ3) is 3.47. The van der Waals surface area contributed by atoms with Crippen molar-refractivity contribution in [1.29, 1.82) is 0 Å². The van der Waals surface area contributed by atoms with Gasteiger partial charge in [-0.05, 0) is 11.4 Å². The zero-order valence-corrected chi connectivity index (χ0v) is 11.4. The molecular weight excluding hydrogens is 270 g/mol. The van der Waals surface area contributed by atoms with Gasteiger partial charge in [0.15, 0.2) is 0 Å². The van der Waals surface area contributed by atoms with Gasteiger partial charge in [0.1, 0.15) is 5.00 Å². The lowest BCUT2D eigenvalue weighted by Gasteiger charge is -2.22. The Bertz CT molecular complexity index is 441. The van der Waals surface area contributed by atoms with Gasteiger partial charge < -0.3 is 16.4 Å². The van der Waals surface area contributed by atoms with E-state index in [0.29, 0.717) is 17.0 Å². The Hall–Kier alpha value is -1.05. The Kier molecular flexibility index (Phi) is 4.62. The zero-order valence-electron chi connectivity index (χ0n) is 9.77. The van der Waals surface area contributed by atoms with Gasteiger partial charge in [0, 0.05) is 30.5 Å². The standard InChI is InChI=1S/C11H15N3O2S2/c12-10(16)8-1-3-18-11(8)14-9(15)5-7-6-17-4-2-13-7/h1,3,7,13H,2,4-6H2,(H2,12,16)(H,14,15). The number of carbonyl (C=O) groups excluding carboxylic acids is 2. The highest BCUT2D eigenvalue weighted by Crippen LogP contribution is 2.23. The predicted octanol–water partition coefficient (Wildman–Crippen LogP) is 0.881. The monoisotopic (exact) mass is 285 g/mol. The van der Waals surface area contributed by atoms with E-state index >= 15 is 0 Å². The number of thioether (sulfide) groups is 1. The molecule has 0 aromatic carbocycles. The minimum absolute atomic E-state index is 0.0834. The summed E-state index contributed by atoms with van der Waals surface area (Å²) in [5.41, 5.74) is 5.59. The van der Waals surface area contributed by atoms with Crippen LogP contribution in [0.25, 0.3) is 0 Å². The first kappa shape index (κ1) is 13.4. The normalized spacial score (nSPS) is 19.4. The van der Waals surface area contributed by atoms with Crippen molar-refractivity contribution in [2.75, 3.05) is 23.4 Å². The van der Waals surface area contributed by atoms with E-state index in [2.05, 4.69) is 10.6 Å². The lowest BCUT2D eigenvalue weighted by Crippen LogP contribution is -2.39. The van der Waals surface area contributed by atoms with Gasteiger partial charge in [0.2, 0.25) is 5.91 Å². The summed E-state index contributed by atoms with van der Waals surface area (Å²) in [6.45, 7) is 0.939. The number of hydrogen-bond donors (Lipinski definition) is 3. The van der Waals surface area contributed by atoms with Crippen molar-refractivity contribution in [3.8, 4) is 0 Å². The number of carbonyl (C=O) groups is 2. The molecule has 0 aliphatic carbocycles. The number of hydrogen-bond acceptors (Lipinski definition) is 5. The molecule has 5 nitrogen and oxygen atoms in total. The van der Waals surface area contributed by atoms with E-state index in [9.17, 15) is 9.59 Å². The molecule has 2 heterocycles. The van der Waals surface area contributed by atoms with Gasteiger partial charge in [-0.3, -0.25) is 9.59 Å². The first-order valence-corrected chi connectivity index (χ1v) is 7.68. The summed E-state index contributed by atoms with van der Waals surface area (Å²) in [6, 6.07) is 1.83. The van der Waals surface area contributed by atoms with Crippen LogP contribution < -0.4 is 16.4 Å². The van der Waals surface area contributed by atoms with E-state index in [0.717, 1.165) is 18.1 Å². The van der Waals surface area contributed by atoms with Crippen LogP contribution in [-0.4, -0.2) is 35.9 Å². The van der Waals surface area contributed by atoms with Crippen LogP contribution >= 0.6 is 23.1 Å². The fourth-order valence-corrected chi connectivity index (χ4v) is 3.51. The summed E-state index contributed by atoms with van der Waals surface area (Å²) in [5, 5.41) is 8.32. The van der Waals surface area contributed by atoms with E-state index < -0.39 is 5.91 Å².